The average molecular weight is 455 g/mol. The average Bonchev–Trinajstić information content (AvgIpc) is 3.36. The van der Waals surface area contributed by atoms with E-state index in [1.165, 1.54) is 23.9 Å². The van der Waals surface area contributed by atoms with Gasteiger partial charge in [0.15, 0.2) is 5.65 Å². The Morgan fingerprint density at radius 2 is 1.85 bits per heavy atom. The molecule has 0 aliphatic heterocycles. The van der Waals surface area contributed by atoms with Gasteiger partial charge in [-0.05, 0) is 44.5 Å². The lowest BCUT2D eigenvalue weighted by Crippen LogP contribution is -2.13. The maximum absolute atomic E-state index is 13.6. The lowest BCUT2D eigenvalue weighted by molar-refractivity contribution is 0.102. The summed E-state index contributed by atoms with van der Waals surface area (Å²) in [5.41, 5.74) is 6.70. The minimum absolute atomic E-state index is 0.293. The quantitative estimate of drug-likeness (QED) is 0.407. The Bertz CT molecular complexity index is 1520. The van der Waals surface area contributed by atoms with Gasteiger partial charge in [-0.1, -0.05) is 42.0 Å². The van der Waals surface area contributed by atoms with Crippen molar-refractivity contribution < 1.29 is 9.18 Å². The fraction of sp³-hybridized carbons (Fsp3) is 0.154. The van der Waals surface area contributed by atoms with Crippen LogP contribution in [0.15, 0.2) is 67.0 Å². The molecule has 0 bridgehead atoms. The van der Waals surface area contributed by atoms with Gasteiger partial charge in [0, 0.05) is 11.8 Å². The van der Waals surface area contributed by atoms with Gasteiger partial charge in [0.05, 0.1) is 35.5 Å². The Morgan fingerprint density at radius 1 is 1.06 bits per heavy atom. The zero-order valence-electron chi connectivity index (χ0n) is 19.1. The van der Waals surface area contributed by atoms with E-state index in [9.17, 15) is 9.18 Å². The van der Waals surface area contributed by atoms with E-state index >= 15 is 0 Å². The van der Waals surface area contributed by atoms with Crippen LogP contribution in [0, 0.1) is 26.6 Å². The third-order valence-electron chi connectivity index (χ3n) is 5.83. The molecule has 7 nitrogen and oxygen atoms in total. The molecule has 8 heteroatoms. The number of fused-ring (bicyclic) bond motifs is 1. The molecule has 0 radical (unpaired) electrons. The monoisotopic (exact) mass is 454 g/mol. The minimum Gasteiger partial charge on any atom is -0.319 e. The first kappa shape index (κ1) is 21.5. The van der Waals surface area contributed by atoms with E-state index in [1.54, 1.807) is 21.5 Å². The lowest BCUT2D eigenvalue weighted by Gasteiger charge is -2.08. The van der Waals surface area contributed by atoms with Crippen molar-refractivity contribution in [3.8, 4) is 11.3 Å². The summed E-state index contributed by atoms with van der Waals surface area (Å²) in [7, 11) is 0. The van der Waals surface area contributed by atoms with E-state index in [4.69, 9.17) is 0 Å². The van der Waals surface area contributed by atoms with Crippen LogP contribution in [-0.2, 0) is 6.54 Å². The Balaban J connectivity index is 1.44. The SMILES string of the molecule is Cc1ccc(-c2ccnc3c(C(=O)Nc4c(C)nn(Cc5cccc(F)c5)c4C)cnn23)cc1. The summed E-state index contributed by atoms with van der Waals surface area (Å²) in [6.45, 7) is 6.14. The summed E-state index contributed by atoms with van der Waals surface area (Å²) in [5.74, 6) is -0.613. The van der Waals surface area contributed by atoms with Crippen LogP contribution in [0.2, 0.25) is 0 Å². The predicted octanol–water partition coefficient (Wildman–Crippen LogP) is 4.96. The Kier molecular flexibility index (Phi) is 5.41. The predicted molar refractivity (Wildman–Crippen MR) is 128 cm³/mol. The molecule has 170 valence electrons. The van der Waals surface area contributed by atoms with Crippen LogP contribution >= 0.6 is 0 Å². The molecular weight excluding hydrogens is 431 g/mol. The molecule has 0 spiro atoms. The van der Waals surface area contributed by atoms with Crippen molar-refractivity contribution in [2.45, 2.75) is 27.3 Å². The summed E-state index contributed by atoms with van der Waals surface area (Å²) < 4.78 is 17.0. The fourth-order valence-electron chi connectivity index (χ4n) is 4.02. The zero-order valence-corrected chi connectivity index (χ0v) is 19.1. The molecule has 3 heterocycles. The van der Waals surface area contributed by atoms with E-state index in [0.29, 0.717) is 29.1 Å². The van der Waals surface area contributed by atoms with Crippen LogP contribution in [0.25, 0.3) is 16.9 Å². The molecule has 0 saturated carbocycles. The number of carbonyl (C=O) groups excluding carboxylic acids is 1. The second kappa shape index (κ2) is 8.55. The molecule has 3 aromatic heterocycles. The van der Waals surface area contributed by atoms with Crippen molar-refractivity contribution in [3.05, 3.63) is 101 Å². The highest BCUT2D eigenvalue weighted by molar-refractivity contribution is 6.08. The van der Waals surface area contributed by atoms with E-state index < -0.39 is 0 Å². The highest BCUT2D eigenvalue weighted by atomic mass is 19.1. The number of aromatic nitrogens is 5. The van der Waals surface area contributed by atoms with Gasteiger partial charge in [-0.2, -0.15) is 10.2 Å². The summed E-state index contributed by atoms with van der Waals surface area (Å²) in [5, 5.41) is 11.9. The van der Waals surface area contributed by atoms with Crippen molar-refractivity contribution in [2.24, 2.45) is 0 Å². The first-order chi connectivity index (χ1) is 16.4. The molecule has 34 heavy (non-hydrogen) atoms. The Hall–Kier alpha value is -4.33. The van der Waals surface area contributed by atoms with Crippen LogP contribution in [0.4, 0.5) is 10.1 Å². The molecule has 1 amide bonds. The molecular formula is C26H23FN6O. The first-order valence-electron chi connectivity index (χ1n) is 10.9. The maximum atomic E-state index is 13.6. The number of benzene rings is 2. The van der Waals surface area contributed by atoms with Crippen LogP contribution in [0.3, 0.4) is 0 Å². The zero-order chi connectivity index (χ0) is 23.8. The standard InChI is InChI=1S/C26H23FN6O/c1-16-7-9-20(10-8-16)23-11-12-28-25-22(14-29-33(23)25)26(34)30-24-17(2)31-32(18(24)3)15-19-5-4-6-21(27)13-19/h4-14H,15H2,1-3H3,(H,30,34). The van der Waals surface area contributed by atoms with Gasteiger partial charge in [-0.25, -0.2) is 13.9 Å². The molecule has 0 saturated heterocycles. The number of carbonyl (C=O) groups is 1. The van der Waals surface area contributed by atoms with Gasteiger partial charge in [-0.3, -0.25) is 9.48 Å². The van der Waals surface area contributed by atoms with Crippen LogP contribution < -0.4 is 5.32 Å². The van der Waals surface area contributed by atoms with Crippen molar-refractivity contribution in [3.63, 3.8) is 0 Å². The van der Waals surface area contributed by atoms with E-state index in [2.05, 4.69) is 20.5 Å². The molecule has 2 aromatic carbocycles. The van der Waals surface area contributed by atoms with E-state index in [-0.39, 0.29) is 11.7 Å². The molecule has 0 fully saturated rings. The maximum Gasteiger partial charge on any atom is 0.261 e. The van der Waals surface area contributed by atoms with Gasteiger partial charge in [0.25, 0.3) is 5.91 Å². The van der Waals surface area contributed by atoms with Crippen molar-refractivity contribution in [2.75, 3.05) is 5.32 Å². The topological polar surface area (TPSA) is 77.1 Å². The molecule has 0 atom stereocenters. The Morgan fingerprint density at radius 3 is 2.62 bits per heavy atom. The summed E-state index contributed by atoms with van der Waals surface area (Å²) in [6.07, 6.45) is 3.20. The fourth-order valence-corrected chi connectivity index (χ4v) is 4.02. The summed E-state index contributed by atoms with van der Waals surface area (Å²) >= 11 is 0. The van der Waals surface area contributed by atoms with Crippen LogP contribution in [0.1, 0.15) is 32.9 Å². The number of rotatable bonds is 5. The number of nitrogens with zero attached hydrogens (tertiary/aromatic N) is 5. The van der Waals surface area contributed by atoms with Gasteiger partial charge in [-0.15, -0.1) is 0 Å². The number of anilines is 1. The van der Waals surface area contributed by atoms with Crippen LogP contribution in [-0.4, -0.2) is 30.3 Å². The van der Waals surface area contributed by atoms with Gasteiger partial charge in [0.1, 0.15) is 11.4 Å². The largest absolute Gasteiger partial charge is 0.319 e. The number of hydrogen-bond donors (Lipinski definition) is 1. The highest BCUT2D eigenvalue weighted by Gasteiger charge is 2.20. The van der Waals surface area contributed by atoms with Crippen LogP contribution in [0.5, 0.6) is 0 Å². The smallest absolute Gasteiger partial charge is 0.261 e. The van der Waals surface area contributed by atoms with E-state index in [1.807, 2.05) is 57.2 Å². The van der Waals surface area contributed by atoms with E-state index in [0.717, 1.165) is 22.5 Å². The first-order valence-corrected chi connectivity index (χ1v) is 10.9. The van der Waals surface area contributed by atoms with Gasteiger partial charge < -0.3 is 5.32 Å². The number of nitrogens with one attached hydrogen (secondary N) is 1. The summed E-state index contributed by atoms with van der Waals surface area (Å²) in [4.78, 5) is 17.6. The molecule has 0 unspecified atom stereocenters. The van der Waals surface area contributed by atoms with Crippen molar-refractivity contribution in [1.82, 2.24) is 24.4 Å². The minimum atomic E-state index is -0.319. The van der Waals surface area contributed by atoms with Gasteiger partial charge in [0.2, 0.25) is 0 Å². The normalized spacial score (nSPS) is 11.2. The Labute approximate surface area is 195 Å². The van der Waals surface area contributed by atoms with Gasteiger partial charge >= 0.3 is 0 Å². The molecule has 5 aromatic rings. The molecule has 1 N–H and O–H groups in total. The molecule has 5 rings (SSSR count). The molecule has 0 aliphatic carbocycles. The number of amides is 1. The lowest BCUT2D eigenvalue weighted by atomic mass is 10.1. The van der Waals surface area contributed by atoms with Crippen molar-refractivity contribution in [1.29, 1.82) is 0 Å². The number of aryl methyl sites for hydroxylation is 2. The number of halogens is 1. The second-order valence-electron chi connectivity index (χ2n) is 8.28. The second-order valence-corrected chi connectivity index (χ2v) is 8.28. The third-order valence-corrected chi connectivity index (χ3v) is 5.83. The summed E-state index contributed by atoms with van der Waals surface area (Å²) in [6, 6.07) is 16.4. The van der Waals surface area contributed by atoms with Crippen molar-refractivity contribution >= 4 is 17.2 Å². The number of hydrogen-bond acceptors (Lipinski definition) is 4. The highest BCUT2D eigenvalue weighted by Crippen LogP contribution is 2.24. The third kappa shape index (κ3) is 3.94. The molecule has 0 aliphatic rings.